The van der Waals surface area contributed by atoms with Gasteiger partial charge in [-0.3, -0.25) is 0 Å². The Morgan fingerprint density at radius 2 is 1.66 bits per heavy atom. The first-order valence-corrected chi connectivity index (χ1v) is 15.7. The summed E-state index contributed by atoms with van der Waals surface area (Å²) in [6, 6.07) is 10.6. The van der Waals surface area contributed by atoms with E-state index in [1.807, 2.05) is 0 Å². The minimum absolute atomic E-state index is 0.0430. The Bertz CT molecular complexity index is 1420. The second kappa shape index (κ2) is 12.4. The highest BCUT2D eigenvalue weighted by atomic mass is 32.2. The maximum Gasteiger partial charge on any atom is 0.573 e. The maximum atomic E-state index is 13.1. The predicted molar refractivity (Wildman–Crippen MR) is 140 cm³/mol. The van der Waals surface area contributed by atoms with Gasteiger partial charge in [0, 0.05) is 25.7 Å². The first-order valence-electron chi connectivity index (χ1n) is 12.8. The summed E-state index contributed by atoms with van der Waals surface area (Å²) in [6.45, 7) is 0.420. The number of para-hydroxylation sites is 2. The summed E-state index contributed by atoms with van der Waals surface area (Å²) in [6.07, 6.45) is -4.76. The van der Waals surface area contributed by atoms with Gasteiger partial charge in [0.1, 0.15) is 34.0 Å². The number of nitrogens with zero attached hydrogens (tertiary/aromatic N) is 1. The molecule has 228 valence electrons. The standard InChI is InChI=1S/C25H32F3N3O8S2/c1-29-40(33,34)22-8-4-2-6-20(22)37-17-19(32)15-30-18-14-24(38-16-18)10-12-31(13-11-24)41(35,36)23-9-5-3-7-21(23)39-25(26,27)28/h2-9,18-19,29-30,32H,10-17H2,1H3/t18?,19-/m0/s1. The molecule has 2 aliphatic heterocycles. The number of alkyl halides is 3. The number of piperidine rings is 1. The number of aliphatic hydroxyl groups is 1. The molecule has 2 aliphatic rings. The van der Waals surface area contributed by atoms with Crippen molar-refractivity contribution in [3.8, 4) is 11.5 Å². The molecule has 2 saturated heterocycles. The van der Waals surface area contributed by atoms with Gasteiger partial charge >= 0.3 is 6.36 Å². The fraction of sp³-hybridized carbons (Fsp3) is 0.520. The average Bonchev–Trinajstić information content (AvgIpc) is 3.32. The van der Waals surface area contributed by atoms with Crippen LogP contribution in [0.15, 0.2) is 58.3 Å². The average molecular weight is 624 g/mol. The lowest BCUT2D eigenvalue weighted by Gasteiger charge is -2.38. The Hall–Kier alpha value is -2.47. The number of hydrogen-bond acceptors (Lipinski definition) is 9. The van der Waals surface area contributed by atoms with Gasteiger partial charge in [-0.2, -0.15) is 4.31 Å². The lowest BCUT2D eigenvalue weighted by atomic mass is 9.88. The van der Waals surface area contributed by atoms with Crippen molar-refractivity contribution in [2.24, 2.45) is 0 Å². The quantitative estimate of drug-likeness (QED) is 0.342. The number of ether oxygens (including phenoxy) is 3. The van der Waals surface area contributed by atoms with Crippen LogP contribution in [0.25, 0.3) is 0 Å². The van der Waals surface area contributed by atoms with E-state index in [-0.39, 0.29) is 42.9 Å². The zero-order valence-electron chi connectivity index (χ0n) is 22.1. The van der Waals surface area contributed by atoms with Crippen LogP contribution >= 0.6 is 0 Å². The highest BCUT2D eigenvalue weighted by Crippen LogP contribution is 2.39. The van der Waals surface area contributed by atoms with Gasteiger partial charge in [-0.25, -0.2) is 21.6 Å². The summed E-state index contributed by atoms with van der Waals surface area (Å²) in [4.78, 5) is -0.596. The van der Waals surface area contributed by atoms with Gasteiger partial charge in [-0.05, 0) is 50.6 Å². The Morgan fingerprint density at radius 3 is 2.29 bits per heavy atom. The molecule has 1 unspecified atom stereocenters. The zero-order chi connectivity index (χ0) is 29.9. The zero-order valence-corrected chi connectivity index (χ0v) is 23.8. The SMILES string of the molecule is CNS(=O)(=O)c1ccccc1OC[C@@H](O)CNC1COC2(CCN(S(=O)(=O)c3ccccc3OC(F)(F)F)CC2)C1. The van der Waals surface area contributed by atoms with E-state index in [9.17, 15) is 35.1 Å². The molecule has 41 heavy (non-hydrogen) atoms. The molecule has 2 aromatic carbocycles. The van der Waals surface area contributed by atoms with Crippen molar-refractivity contribution in [2.45, 2.75) is 53.2 Å². The lowest BCUT2D eigenvalue weighted by Crippen LogP contribution is -2.47. The second-order valence-electron chi connectivity index (χ2n) is 9.82. The van der Waals surface area contributed by atoms with Crippen molar-refractivity contribution in [3.63, 3.8) is 0 Å². The van der Waals surface area contributed by atoms with Crippen LogP contribution in [0, 0.1) is 0 Å². The summed E-state index contributed by atoms with van der Waals surface area (Å²) in [7, 11) is -6.69. The van der Waals surface area contributed by atoms with Crippen LogP contribution in [0.4, 0.5) is 13.2 Å². The number of halogens is 3. The Balaban J connectivity index is 1.28. The van der Waals surface area contributed by atoms with E-state index in [2.05, 4.69) is 14.8 Å². The minimum Gasteiger partial charge on any atom is -0.489 e. The second-order valence-corrected chi connectivity index (χ2v) is 13.6. The van der Waals surface area contributed by atoms with Crippen molar-refractivity contribution in [1.29, 1.82) is 0 Å². The Labute approximate surface area is 236 Å². The van der Waals surface area contributed by atoms with E-state index in [0.717, 1.165) is 16.4 Å². The van der Waals surface area contributed by atoms with E-state index < -0.39 is 48.8 Å². The molecule has 0 aliphatic carbocycles. The molecule has 4 rings (SSSR count). The van der Waals surface area contributed by atoms with Crippen LogP contribution in [-0.2, 0) is 24.8 Å². The van der Waals surface area contributed by atoms with E-state index in [1.54, 1.807) is 12.1 Å². The summed E-state index contributed by atoms with van der Waals surface area (Å²) < 4.78 is 108. The van der Waals surface area contributed by atoms with E-state index >= 15 is 0 Å². The van der Waals surface area contributed by atoms with Crippen LogP contribution in [0.5, 0.6) is 11.5 Å². The maximum absolute atomic E-state index is 13.1. The number of benzene rings is 2. The Kier molecular flexibility index (Phi) is 9.52. The normalized spacial score (nSPS) is 20.7. The van der Waals surface area contributed by atoms with Gasteiger partial charge in [0.2, 0.25) is 20.0 Å². The molecule has 2 atom stereocenters. The lowest BCUT2D eigenvalue weighted by molar-refractivity contribution is -0.275. The van der Waals surface area contributed by atoms with Crippen molar-refractivity contribution < 1.29 is 49.3 Å². The van der Waals surface area contributed by atoms with Gasteiger partial charge in [0.15, 0.2) is 0 Å². The highest BCUT2D eigenvalue weighted by molar-refractivity contribution is 7.89. The fourth-order valence-electron chi connectivity index (χ4n) is 4.92. The minimum atomic E-state index is -5.03. The fourth-order valence-corrected chi connectivity index (χ4v) is 7.34. The van der Waals surface area contributed by atoms with Gasteiger partial charge in [-0.1, -0.05) is 24.3 Å². The third-order valence-electron chi connectivity index (χ3n) is 7.02. The number of sulfonamides is 2. The molecule has 0 saturated carbocycles. The van der Waals surface area contributed by atoms with E-state index in [4.69, 9.17) is 9.47 Å². The van der Waals surface area contributed by atoms with Gasteiger partial charge < -0.3 is 24.6 Å². The molecule has 2 aromatic rings. The smallest absolute Gasteiger partial charge is 0.489 e. The monoisotopic (exact) mass is 623 g/mol. The first-order chi connectivity index (χ1) is 19.2. The molecule has 0 aromatic heterocycles. The molecule has 1 spiro atoms. The number of rotatable bonds is 11. The summed E-state index contributed by atoms with van der Waals surface area (Å²) in [5, 5.41) is 13.6. The molecule has 2 heterocycles. The third-order valence-corrected chi connectivity index (χ3v) is 10.4. The number of hydrogen-bond donors (Lipinski definition) is 3. The van der Waals surface area contributed by atoms with Crippen LogP contribution in [0.2, 0.25) is 0 Å². The Morgan fingerprint density at radius 1 is 1.05 bits per heavy atom. The molecule has 11 nitrogen and oxygen atoms in total. The van der Waals surface area contributed by atoms with Crippen LogP contribution in [0.3, 0.4) is 0 Å². The molecule has 0 amide bonds. The van der Waals surface area contributed by atoms with Crippen molar-refractivity contribution in [3.05, 3.63) is 48.5 Å². The van der Waals surface area contributed by atoms with Crippen LogP contribution in [-0.4, -0.2) is 90.3 Å². The van der Waals surface area contributed by atoms with Crippen molar-refractivity contribution in [2.75, 3.05) is 39.9 Å². The predicted octanol–water partition coefficient (Wildman–Crippen LogP) is 1.83. The van der Waals surface area contributed by atoms with Crippen molar-refractivity contribution in [1.82, 2.24) is 14.3 Å². The largest absolute Gasteiger partial charge is 0.573 e. The number of aliphatic hydroxyl groups excluding tert-OH is 1. The molecular formula is C25H32F3N3O8S2. The van der Waals surface area contributed by atoms with Gasteiger partial charge in [0.25, 0.3) is 0 Å². The van der Waals surface area contributed by atoms with Crippen LogP contribution < -0.4 is 19.5 Å². The topological polar surface area (TPSA) is 144 Å². The van der Waals surface area contributed by atoms with Gasteiger partial charge in [0.05, 0.1) is 12.2 Å². The summed E-state index contributed by atoms with van der Waals surface area (Å²) in [5.41, 5.74) is -0.604. The molecule has 3 N–H and O–H groups in total. The third kappa shape index (κ3) is 7.68. The molecule has 2 fully saturated rings. The van der Waals surface area contributed by atoms with Crippen molar-refractivity contribution >= 4 is 20.0 Å². The summed E-state index contributed by atoms with van der Waals surface area (Å²) >= 11 is 0. The molecule has 16 heteroatoms. The van der Waals surface area contributed by atoms with E-state index in [0.29, 0.717) is 25.9 Å². The highest BCUT2D eigenvalue weighted by Gasteiger charge is 2.45. The van der Waals surface area contributed by atoms with Gasteiger partial charge in [-0.15, -0.1) is 13.2 Å². The van der Waals surface area contributed by atoms with Crippen LogP contribution in [0.1, 0.15) is 19.3 Å². The molecule has 0 radical (unpaired) electrons. The number of nitrogens with one attached hydrogen (secondary N) is 2. The molecular weight excluding hydrogens is 591 g/mol. The first kappa shape index (κ1) is 31.5. The summed E-state index contributed by atoms with van der Waals surface area (Å²) in [5.74, 6) is -0.672. The van der Waals surface area contributed by atoms with E-state index in [1.165, 1.54) is 31.3 Å². The molecule has 0 bridgehead atoms.